The Morgan fingerprint density at radius 2 is 2.17 bits per heavy atom. The van der Waals surface area contributed by atoms with Crippen LogP contribution in [-0.4, -0.2) is 5.11 Å². The van der Waals surface area contributed by atoms with Gasteiger partial charge in [-0.2, -0.15) is 0 Å². The van der Waals surface area contributed by atoms with Crippen LogP contribution in [0.25, 0.3) is 10.1 Å². The first-order valence-corrected chi connectivity index (χ1v) is 4.70. The van der Waals surface area contributed by atoms with Crippen LogP contribution >= 0.6 is 24.0 Å². The van der Waals surface area contributed by atoms with Gasteiger partial charge >= 0.3 is 0 Å². The van der Waals surface area contributed by atoms with Crippen molar-refractivity contribution in [2.75, 3.05) is 5.73 Å². The highest BCUT2D eigenvalue weighted by Gasteiger charge is 2.07. The molecule has 0 aliphatic heterocycles. The average Bonchev–Trinajstić information content (AvgIpc) is 2.41. The van der Waals surface area contributed by atoms with E-state index in [2.05, 4.69) is 12.6 Å². The fraction of sp³-hybridized carbons (Fsp3) is 0. The zero-order valence-electron chi connectivity index (χ0n) is 6.11. The highest BCUT2D eigenvalue weighted by molar-refractivity contribution is 7.80. The van der Waals surface area contributed by atoms with Crippen molar-refractivity contribution < 1.29 is 5.11 Å². The Morgan fingerprint density at radius 1 is 1.42 bits per heavy atom. The molecule has 0 radical (unpaired) electrons. The Hall–Kier alpha value is -0.870. The number of hydrogen-bond acceptors (Lipinski definition) is 4. The third kappa shape index (κ3) is 0.956. The minimum atomic E-state index is 0.257. The first kappa shape index (κ1) is 7.76. The van der Waals surface area contributed by atoms with Crippen LogP contribution in [0.3, 0.4) is 0 Å². The first-order chi connectivity index (χ1) is 5.70. The monoisotopic (exact) mass is 197 g/mol. The quantitative estimate of drug-likeness (QED) is 0.449. The Morgan fingerprint density at radius 3 is 2.92 bits per heavy atom. The number of thiophene rings is 1. The van der Waals surface area contributed by atoms with Gasteiger partial charge in [0.05, 0.1) is 0 Å². The zero-order valence-corrected chi connectivity index (χ0v) is 7.82. The molecule has 0 fully saturated rings. The predicted octanol–water partition coefficient (Wildman–Crippen LogP) is 2.48. The predicted molar refractivity (Wildman–Crippen MR) is 55.2 cm³/mol. The van der Waals surface area contributed by atoms with Gasteiger partial charge in [-0.05, 0) is 12.1 Å². The molecule has 12 heavy (non-hydrogen) atoms. The minimum Gasteiger partial charge on any atom is -0.506 e. The second-order valence-electron chi connectivity index (χ2n) is 2.50. The molecular weight excluding hydrogens is 190 g/mol. The standard InChI is InChI=1S/C8H7NOS2/c9-4-1-2-6-7(8(4)11)5(10)3-12-6/h1-3,10-11H,9H2. The van der Waals surface area contributed by atoms with E-state index in [1.165, 1.54) is 11.3 Å². The molecule has 0 aliphatic rings. The van der Waals surface area contributed by atoms with Gasteiger partial charge in [0.2, 0.25) is 0 Å². The molecule has 0 saturated carbocycles. The van der Waals surface area contributed by atoms with Crippen LogP contribution in [0.5, 0.6) is 5.75 Å². The summed E-state index contributed by atoms with van der Waals surface area (Å²) in [5, 5.41) is 11.9. The van der Waals surface area contributed by atoms with Gasteiger partial charge in [0.25, 0.3) is 0 Å². The van der Waals surface area contributed by atoms with E-state index in [0.717, 1.165) is 10.1 Å². The lowest BCUT2D eigenvalue weighted by Gasteiger charge is -1.99. The molecule has 4 heteroatoms. The van der Waals surface area contributed by atoms with Crippen molar-refractivity contribution in [3.8, 4) is 5.75 Å². The van der Waals surface area contributed by atoms with Gasteiger partial charge in [0, 0.05) is 26.0 Å². The van der Waals surface area contributed by atoms with Crippen LogP contribution in [0.4, 0.5) is 5.69 Å². The van der Waals surface area contributed by atoms with Crippen LogP contribution < -0.4 is 5.73 Å². The third-order valence-corrected chi connectivity index (χ3v) is 3.14. The van der Waals surface area contributed by atoms with Crippen molar-refractivity contribution in [3.05, 3.63) is 17.5 Å². The number of nitrogens with two attached hydrogens (primary N) is 1. The number of aromatic hydroxyl groups is 1. The van der Waals surface area contributed by atoms with E-state index in [0.29, 0.717) is 10.6 Å². The lowest BCUT2D eigenvalue weighted by atomic mass is 10.2. The maximum absolute atomic E-state index is 9.42. The third-order valence-electron chi connectivity index (χ3n) is 1.72. The highest BCUT2D eigenvalue weighted by atomic mass is 32.1. The molecule has 0 spiro atoms. The fourth-order valence-electron chi connectivity index (χ4n) is 1.11. The summed E-state index contributed by atoms with van der Waals surface area (Å²) in [6, 6.07) is 3.68. The molecule has 3 N–H and O–H groups in total. The van der Waals surface area contributed by atoms with E-state index < -0.39 is 0 Å². The summed E-state index contributed by atoms with van der Waals surface area (Å²) in [6.07, 6.45) is 0. The van der Waals surface area contributed by atoms with Crippen molar-refractivity contribution in [1.82, 2.24) is 0 Å². The molecule has 2 nitrogen and oxygen atoms in total. The molecule has 1 aromatic heterocycles. The summed E-state index contributed by atoms with van der Waals surface area (Å²) >= 11 is 5.70. The Labute approximate surface area is 79.0 Å². The maximum Gasteiger partial charge on any atom is 0.135 e. The largest absolute Gasteiger partial charge is 0.506 e. The molecule has 62 valence electrons. The molecule has 0 unspecified atom stereocenters. The van der Waals surface area contributed by atoms with Crippen molar-refractivity contribution in [2.45, 2.75) is 4.90 Å². The molecule has 1 heterocycles. The normalized spacial score (nSPS) is 10.8. The smallest absolute Gasteiger partial charge is 0.135 e. The molecular formula is C8H7NOS2. The van der Waals surface area contributed by atoms with Crippen LogP contribution in [0.2, 0.25) is 0 Å². The molecule has 0 aliphatic carbocycles. The summed E-state index contributed by atoms with van der Waals surface area (Å²) in [5.74, 6) is 0.257. The second-order valence-corrected chi connectivity index (χ2v) is 3.86. The first-order valence-electron chi connectivity index (χ1n) is 3.38. The summed E-state index contributed by atoms with van der Waals surface area (Å²) in [6.45, 7) is 0. The van der Waals surface area contributed by atoms with E-state index in [-0.39, 0.29) is 5.75 Å². The van der Waals surface area contributed by atoms with E-state index in [1.54, 1.807) is 11.4 Å². The van der Waals surface area contributed by atoms with Crippen LogP contribution in [-0.2, 0) is 0 Å². The van der Waals surface area contributed by atoms with Gasteiger partial charge in [-0.15, -0.1) is 24.0 Å². The van der Waals surface area contributed by atoms with E-state index in [4.69, 9.17) is 5.73 Å². The SMILES string of the molecule is Nc1ccc2scc(O)c2c1S. The van der Waals surface area contributed by atoms with Crippen LogP contribution in [0.15, 0.2) is 22.4 Å². The van der Waals surface area contributed by atoms with Gasteiger partial charge in [0.1, 0.15) is 5.75 Å². The van der Waals surface area contributed by atoms with E-state index >= 15 is 0 Å². The van der Waals surface area contributed by atoms with Crippen LogP contribution in [0, 0.1) is 0 Å². The summed E-state index contributed by atoms with van der Waals surface area (Å²) < 4.78 is 1.01. The van der Waals surface area contributed by atoms with Gasteiger partial charge in [-0.3, -0.25) is 0 Å². The Bertz CT molecular complexity index is 436. The molecule has 0 saturated heterocycles. The Balaban J connectivity index is 2.96. The molecule has 2 aromatic rings. The van der Waals surface area contributed by atoms with Gasteiger partial charge in [-0.1, -0.05) is 0 Å². The van der Waals surface area contributed by atoms with Crippen molar-refractivity contribution >= 4 is 39.7 Å². The van der Waals surface area contributed by atoms with Crippen molar-refractivity contribution in [1.29, 1.82) is 0 Å². The highest BCUT2D eigenvalue weighted by Crippen LogP contribution is 2.38. The number of fused-ring (bicyclic) bond motifs is 1. The summed E-state index contributed by atoms with van der Waals surface area (Å²) in [4.78, 5) is 0.659. The lowest BCUT2D eigenvalue weighted by molar-refractivity contribution is 0.483. The maximum atomic E-state index is 9.42. The minimum absolute atomic E-state index is 0.257. The topological polar surface area (TPSA) is 46.2 Å². The lowest BCUT2D eigenvalue weighted by Crippen LogP contribution is -1.85. The van der Waals surface area contributed by atoms with Crippen molar-refractivity contribution in [2.24, 2.45) is 0 Å². The number of nitrogen functional groups attached to an aromatic ring is 1. The summed E-state index contributed by atoms with van der Waals surface area (Å²) in [7, 11) is 0. The number of benzene rings is 1. The van der Waals surface area contributed by atoms with Crippen LogP contribution in [0.1, 0.15) is 0 Å². The number of hydrogen-bond donors (Lipinski definition) is 3. The number of rotatable bonds is 0. The molecule has 0 amide bonds. The summed E-state index contributed by atoms with van der Waals surface area (Å²) in [5.41, 5.74) is 6.23. The fourth-order valence-corrected chi connectivity index (χ4v) is 2.33. The number of anilines is 1. The molecule has 0 atom stereocenters. The second kappa shape index (κ2) is 2.57. The molecule has 2 rings (SSSR count). The number of thiol groups is 1. The van der Waals surface area contributed by atoms with E-state index in [1.807, 2.05) is 6.07 Å². The average molecular weight is 197 g/mol. The molecule has 0 bridgehead atoms. The Kier molecular flexibility index (Phi) is 1.66. The van der Waals surface area contributed by atoms with Gasteiger partial charge < -0.3 is 10.8 Å². The van der Waals surface area contributed by atoms with Gasteiger partial charge in [0.15, 0.2) is 0 Å². The van der Waals surface area contributed by atoms with Gasteiger partial charge in [-0.25, -0.2) is 0 Å². The van der Waals surface area contributed by atoms with E-state index in [9.17, 15) is 5.11 Å². The van der Waals surface area contributed by atoms with Crippen molar-refractivity contribution in [3.63, 3.8) is 0 Å². The molecule has 1 aromatic carbocycles. The zero-order chi connectivity index (χ0) is 8.72.